The van der Waals surface area contributed by atoms with Crippen molar-refractivity contribution in [1.82, 2.24) is 9.88 Å². The summed E-state index contributed by atoms with van der Waals surface area (Å²) in [5, 5.41) is 12.1. The number of unbranched alkanes of at least 4 members (excludes halogenated alkanes) is 15. The average molecular weight is 465 g/mol. The molecule has 0 radical (unpaired) electrons. The predicted molar refractivity (Wildman–Crippen MR) is 140 cm³/mol. The van der Waals surface area contributed by atoms with Crippen molar-refractivity contribution in [2.75, 3.05) is 19.8 Å². The molecule has 0 aliphatic carbocycles. The number of aromatic nitrogens is 1. The highest BCUT2D eigenvalue weighted by Gasteiger charge is 2.05. The van der Waals surface area contributed by atoms with Gasteiger partial charge in [0.25, 0.3) is 0 Å². The minimum absolute atomic E-state index is 0.0523. The maximum Gasteiger partial charge on any atom is 0.223 e. The fourth-order valence-corrected chi connectivity index (χ4v) is 4.18. The summed E-state index contributed by atoms with van der Waals surface area (Å²) in [5.41, 5.74) is 0.872. The van der Waals surface area contributed by atoms with Crippen LogP contribution in [0.2, 0.25) is 0 Å². The highest BCUT2D eigenvalue weighted by Crippen LogP contribution is 2.14. The van der Waals surface area contributed by atoms with Crippen molar-refractivity contribution in [3.05, 3.63) is 28.2 Å². The molecule has 192 valence electrons. The fourth-order valence-electron chi connectivity index (χ4n) is 4.18. The molecule has 5 heteroatoms. The van der Waals surface area contributed by atoms with Crippen LogP contribution in [-0.4, -0.2) is 29.4 Å². The van der Waals surface area contributed by atoms with E-state index in [0.717, 1.165) is 18.7 Å². The fraction of sp³-hybridized carbons (Fsp3) is 0.821. The van der Waals surface area contributed by atoms with Gasteiger partial charge in [-0.15, -0.1) is 0 Å². The van der Waals surface area contributed by atoms with E-state index in [9.17, 15) is 4.79 Å². The molecule has 2 N–H and O–H groups in total. The SMILES string of the molecule is CCCCCCCCCCCCCCCCCCOc1cn(C)c(CNCCCO)cc1=O. The van der Waals surface area contributed by atoms with E-state index in [1.807, 2.05) is 11.6 Å². The average Bonchev–Trinajstić information content (AvgIpc) is 2.81. The number of hydrogen-bond acceptors (Lipinski definition) is 4. The number of nitrogens with one attached hydrogen (secondary N) is 1. The number of rotatable bonds is 23. The number of aryl methyl sites for hydroxylation is 1. The Morgan fingerprint density at radius 2 is 1.33 bits per heavy atom. The molecule has 0 saturated heterocycles. The van der Waals surface area contributed by atoms with Gasteiger partial charge in [0.15, 0.2) is 5.75 Å². The van der Waals surface area contributed by atoms with Crippen molar-refractivity contribution < 1.29 is 9.84 Å². The molecule has 0 aliphatic rings. The lowest BCUT2D eigenvalue weighted by molar-refractivity contribution is 0.285. The number of ether oxygens (including phenoxy) is 1. The molecule has 0 amide bonds. The summed E-state index contributed by atoms with van der Waals surface area (Å²) in [6.45, 7) is 4.43. The molecule has 0 unspecified atom stereocenters. The van der Waals surface area contributed by atoms with Crippen molar-refractivity contribution in [1.29, 1.82) is 0 Å². The number of nitrogens with zero attached hydrogens (tertiary/aromatic N) is 1. The summed E-state index contributed by atoms with van der Waals surface area (Å²) in [6.07, 6.45) is 24.1. The molecule has 1 heterocycles. The normalized spacial score (nSPS) is 11.2. The van der Waals surface area contributed by atoms with Gasteiger partial charge in [-0.2, -0.15) is 0 Å². The number of aliphatic hydroxyl groups excluding tert-OH is 1. The van der Waals surface area contributed by atoms with Crippen LogP contribution in [0.25, 0.3) is 0 Å². The van der Waals surface area contributed by atoms with Crippen LogP contribution in [0.4, 0.5) is 0 Å². The summed E-state index contributed by atoms with van der Waals surface area (Å²) in [5.74, 6) is 0.442. The summed E-state index contributed by atoms with van der Waals surface area (Å²) in [4.78, 5) is 12.3. The molecule has 0 bridgehead atoms. The van der Waals surface area contributed by atoms with E-state index in [4.69, 9.17) is 9.84 Å². The minimum Gasteiger partial charge on any atom is -0.488 e. The van der Waals surface area contributed by atoms with E-state index < -0.39 is 0 Å². The second-order valence-electron chi connectivity index (χ2n) is 9.51. The van der Waals surface area contributed by atoms with E-state index in [1.54, 1.807) is 12.3 Å². The molecule has 0 saturated carbocycles. The van der Waals surface area contributed by atoms with Crippen molar-refractivity contribution in [3.63, 3.8) is 0 Å². The second kappa shape index (κ2) is 21.2. The van der Waals surface area contributed by atoms with E-state index in [0.29, 0.717) is 25.3 Å². The highest BCUT2D eigenvalue weighted by molar-refractivity contribution is 5.21. The van der Waals surface area contributed by atoms with Crippen molar-refractivity contribution in [2.45, 2.75) is 123 Å². The molecule has 0 aliphatic heterocycles. The highest BCUT2D eigenvalue weighted by atomic mass is 16.5. The molecular weight excluding hydrogens is 412 g/mol. The topological polar surface area (TPSA) is 63.5 Å². The summed E-state index contributed by atoms with van der Waals surface area (Å²) in [6, 6.07) is 1.65. The first kappa shape index (κ1) is 29.7. The number of pyridine rings is 1. The van der Waals surface area contributed by atoms with Crippen LogP contribution in [0, 0.1) is 0 Å². The third kappa shape index (κ3) is 16.0. The maximum absolute atomic E-state index is 12.3. The Kier molecular flexibility index (Phi) is 19.1. The molecule has 0 aromatic carbocycles. The van der Waals surface area contributed by atoms with Crippen LogP contribution in [-0.2, 0) is 13.6 Å². The Hall–Kier alpha value is -1.33. The lowest BCUT2D eigenvalue weighted by Crippen LogP contribution is -2.21. The standard InChI is InChI=1S/C28H52N2O3/c1-3-4-5-6-7-8-9-10-11-12-13-14-15-16-17-18-22-33-28-25-30(2)26(23-27(28)32)24-29-20-19-21-31/h23,25,29,31H,3-22,24H2,1-2H3. The monoisotopic (exact) mass is 464 g/mol. The Morgan fingerprint density at radius 1 is 0.818 bits per heavy atom. The number of aliphatic hydroxyl groups is 1. The zero-order valence-corrected chi connectivity index (χ0v) is 21.7. The van der Waals surface area contributed by atoms with E-state index in [-0.39, 0.29) is 12.0 Å². The molecule has 0 atom stereocenters. The Morgan fingerprint density at radius 3 is 1.85 bits per heavy atom. The van der Waals surface area contributed by atoms with Crippen LogP contribution in [0.5, 0.6) is 5.75 Å². The van der Waals surface area contributed by atoms with Crippen LogP contribution < -0.4 is 15.5 Å². The van der Waals surface area contributed by atoms with E-state index in [2.05, 4.69) is 12.2 Å². The van der Waals surface area contributed by atoms with Gasteiger partial charge in [-0.05, 0) is 19.4 Å². The second-order valence-corrected chi connectivity index (χ2v) is 9.51. The first-order valence-corrected chi connectivity index (χ1v) is 13.8. The molecular formula is C28H52N2O3. The van der Waals surface area contributed by atoms with Gasteiger partial charge in [-0.1, -0.05) is 103 Å². The molecule has 1 rings (SSSR count). The van der Waals surface area contributed by atoms with Crippen LogP contribution in [0.3, 0.4) is 0 Å². The molecule has 33 heavy (non-hydrogen) atoms. The first-order chi connectivity index (χ1) is 16.2. The van der Waals surface area contributed by atoms with Crippen molar-refractivity contribution in [3.8, 4) is 5.75 Å². The summed E-state index contributed by atoms with van der Waals surface area (Å²) < 4.78 is 7.69. The zero-order chi connectivity index (χ0) is 24.0. The van der Waals surface area contributed by atoms with Gasteiger partial charge in [-0.3, -0.25) is 4.79 Å². The molecule has 1 aromatic heterocycles. The number of hydrogen-bond donors (Lipinski definition) is 2. The van der Waals surface area contributed by atoms with Crippen molar-refractivity contribution in [2.24, 2.45) is 7.05 Å². The smallest absolute Gasteiger partial charge is 0.223 e. The maximum atomic E-state index is 12.3. The van der Waals surface area contributed by atoms with E-state index in [1.165, 1.54) is 96.3 Å². The van der Waals surface area contributed by atoms with Gasteiger partial charge in [0.2, 0.25) is 5.43 Å². The summed E-state index contributed by atoms with van der Waals surface area (Å²) in [7, 11) is 1.93. The van der Waals surface area contributed by atoms with Gasteiger partial charge < -0.3 is 19.7 Å². The minimum atomic E-state index is -0.0523. The third-order valence-corrected chi connectivity index (χ3v) is 6.38. The van der Waals surface area contributed by atoms with Gasteiger partial charge in [0.1, 0.15) is 0 Å². The molecule has 5 nitrogen and oxygen atoms in total. The Balaban J connectivity index is 1.96. The van der Waals surface area contributed by atoms with Crippen LogP contribution in [0.15, 0.2) is 17.1 Å². The van der Waals surface area contributed by atoms with Gasteiger partial charge in [-0.25, -0.2) is 0 Å². The predicted octanol–water partition coefficient (Wildman–Crippen LogP) is 6.50. The van der Waals surface area contributed by atoms with Gasteiger partial charge >= 0.3 is 0 Å². The molecule has 1 aromatic rings. The molecule has 0 fully saturated rings. The lowest BCUT2D eigenvalue weighted by atomic mass is 10.0. The van der Waals surface area contributed by atoms with Crippen LogP contribution in [0.1, 0.15) is 122 Å². The third-order valence-electron chi connectivity index (χ3n) is 6.38. The van der Waals surface area contributed by atoms with Gasteiger partial charge in [0.05, 0.1) is 12.8 Å². The first-order valence-electron chi connectivity index (χ1n) is 13.8. The summed E-state index contributed by atoms with van der Waals surface area (Å²) >= 11 is 0. The Labute approximate surface area is 203 Å². The van der Waals surface area contributed by atoms with Crippen LogP contribution >= 0.6 is 0 Å². The Bertz CT molecular complexity index is 630. The largest absolute Gasteiger partial charge is 0.488 e. The zero-order valence-electron chi connectivity index (χ0n) is 21.7. The molecule has 0 spiro atoms. The van der Waals surface area contributed by atoms with Gasteiger partial charge in [0, 0.05) is 32.0 Å². The lowest BCUT2D eigenvalue weighted by Gasteiger charge is -2.12. The quantitative estimate of drug-likeness (QED) is 0.182. The van der Waals surface area contributed by atoms with E-state index >= 15 is 0 Å². The van der Waals surface area contributed by atoms with Crippen molar-refractivity contribution >= 4 is 0 Å².